The minimum Gasteiger partial charge on any atom is -0.379 e. The summed E-state index contributed by atoms with van der Waals surface area (Å²) in [7, 11) is 0. The van der Waals surface area contributed by atoms with Crippen molar-refractivity contribution in [1.29, 1.82) is 0 Å². The zero-order valence-electron chi connectivity index (χ0n) is 9.22. The molecule has 5 nitrogen and oxygen atoms in total. The van der Waals surface area contributed by atoms with Crippen LogP contribution in [0.2, 0.25) is 0 Å². The number of carbonyl (C=O) groups excluding carboxylic acids is 1. The summed E-state index contributed by atoms with van der Waals surface area (Å²) < 4.78 is 5.33. The number of rotatable bonds is 4. The van der Waals surface area contributed by atoms with Crippen LogP contribution in [0.4, 0.5) is 0 Å². The lowest BCUT2D eigenvalue weighted by molar-refractivity contribution is 0.0886. The number of ether oxygens (including phenoxy) is 1. The lowest BCUT2D eigenvalue weighted by Crippen LogP contribution is -2.39. The molecule has 0 radical (unpaired) electrons. The van der Waals surface area contributed by atoms with Crippen molar-refractivity contribution < 1.29 is 9.53 Å². The van der Waals surface area contributed by atoms with Crippen LogP contribution < -0.4 is 5.32 Å². The molecule has 1 N–H and O–H groups in total. The molecule has 2 rings (SSSR count). The third-order valence-electron chi connectivity index (χ3n) is 2.70. The van der Waals surface area contributed by atoms with Gasteiger partial charge in [-0.05, 0) is 6.54 Å². The van der Waals surface area contributed by atoms with E-state index in [0.717, 1.165) is 6.54 Å². The number of hydrogen-bond acceptors (Lipinski definition) is 5. The summed E-state index contributed by atoms with van der Waals surface area (Å²) in [5, 5.41) is 3.25. The molecule has 1 fully saturated rings. The van der Waals surface area contributed by atoms with Gasteiger partial charge in [-0.1, -0.05) is 6.92 Å². The van der Waals surface area contributed by atoms with E-state index < -0.39 is 0 Å². The highest BCUT2D eigenvalue weighted by atomic mass is 16.5. The van der Waals surface area contributed by atoms with E-state index in [1.165, 1.54) is 12.4 Å². The Morgan fingerprint density at radius 1 is 1.56 bits per heavy atom. The first kappa shape index (κ1) is 11.2. The fourth-order valence-electron chi connectivity index (χ4n) is 1.89. The number of likely N-dealkylation sites (N-methyl/N-ethyl adjacent to an activating group) is 1. The van der Waals surface area contributed by atoms with Gasteiger partial charge in [0.25, 0.3) is 0 Å². The number of Topliss-reactive ketones (excluding diaryl/α,β-unsaturated/α-hetero) is 1. The summed E-state index contributed by atoms with van der Waals surface area (Å²) in [4.78, 5) is 20.0. The van der Waals surface area contributed by atoms with Crippen molar-refractivity contribution in [2.24, 2.45) is 5.92 Å². The van der Waals surface area contributed by atoms with Crippen LogP contribution in [0.25, 0.3) is 0 Å². The Bertz CT molecular complexity index is 356. The Kier molecular flexibility index (Phi) is 3.58. The van der Waals surface area contributed by atoms with Gasteiger partial charge in [-0.15, -0.1) is 0 Å². The van der Waals surface area contributed by atoms with Crippen LogP contribution in [0.15, 0.2) is 18.6 Å². The van der Waals surface area contributed by atoms with Crippen molar-refractivity contribution in [1.82, 2.24) is 15.3 Å². The van der Waals surface area contributed by atoms with Crippen LogP contribution in [0.1, 0.15) is 17.4 Å². The number of hydrogen-bond donors (Lipinski definition) is 1. The van der Waals surface area contributed by atoms with E-state index in [-0.39, 0.29) is 17.7 Å². The summed E-state index contributed by atoms with van der Waals surface area (Å²) in [6.45, 7) is 3.90. The molecular formula is C11H15N3O2. The fourth-order valence-corrected chi connectivity index (χ4v) is 1.89. The van der Waals surface area contributed by atoms with Crippen LogP contribution in [-0.4, -0.2) is 41.6 Å². The van der Waals surface area contributed by atoms with Crippen LogP contribution >= 0.6 is 0 Å². The van der Waals surface area contributed by atoms with E-state index in [1.54, 1.807) is 6.20 Å². The maximum atomic E-state index is 12.1. The highest BCUT2D eigenvalue weighted by Gasteiger charge is 2.34. The van der Waals surface area contributed by atoms with Gasteiger partial charge in [-0.3, -0.25) is 9.78 Å². The van der Waals surface area contributed by atoms with E-state index >= 15 is 0 Å². The van der Waals surface area contributed by atoms with E-state index in [1.807, 2.05) is 6.92 Å². The number of ketones is 1. The zero-order valence-corrected chi connectivity index (χ0v) is 9.22. The molecule has 0 aromatic carbocycles. The second-order valence-electron chi connectivity index (χ2n) is 3.76. The van der Waals surface area contributed by atoms with Crippen molar-refractivity contribution in [2.75, 3.05) is 19.8 Å². The van der Waals surface area contributed by atoms with Crippen molar-refractivity contribution in [2.45, 2.75) is 13.0 Å². The molecule has 2 atom stereocenters. The van der Waals surface area contributed by atoms with Crippen LogP contribution in [0, 0.1) is 5.92 Å². The molecule has 0 bridgehead atoms. The minimum atomic E-state index is -0.142. The van der Waals surface area contributed by atoms with Crippen molar-refractivity contribution >= 4 is 5.78 Å². The molecule has 1 saturated heterocycles. The highest BCUT2D eigenvalue weighted by molar-refractivity contribution is 5.96. The Morgan fingerprint density at radius 3 is 3.12 bits per heavy atom. The lowest BCUT2D eigenvalue weighted by atomic mass is 9.96. The Balaban J connectivity index is 2.09. The lowest BCUT2D eigenvalue weighted by Gasteiger charge is -2.16. The van der Waals surface area contributed by atoms with Crippen molar-refractivity contribution in [3.63, 3.8) is 0 Å². The maximum Gasteiger partial charge on any atom is 0.189 e. The monoisotopic (exact) mass is 221 g/mol. The predicted molar refractivity (Wildman–Crippen MR) is 58.1 cm³/mol. The molecule has 1 aromatic heterocycles. The van der Waals surface area contributed by atoms with Crippen LogP contribution in [0.5, 0.6) is 0 Å². The molecular weight excluding hydrogens is 206 g/mol. The molecule has 2 heterocycles. The summed E-state index contributed by atoms with van der Waals surface area (Å²) in [6, 6.07) is 0.0968. The molecule has 0 aliphatic carbocycles. The number of carbonyl (C=O) groups is 1. The van der Waals surface area contributed by atoms with Gasteiger partial charge in [0.15, 0.2) is 5.78 Å². The second kappa shape index (κ2) is 5.14. The molecule has 0 amide bonds. The van der Waals surface area contributed by atoms with Crippen molar-refractivity contribution in [3.8, 4) is 0 Å². The number of nitrogens with one attached hydrogen (secondary N) is 1. The van der Waals surface area contributed by atoms with Gasteiger partial charge in [0.05, 0.1) is 25.3 Å². The molecule has 16 heavy (non-hydrogen) atoms. The van der Waals surface area contributed by atoms with Gasteiger partial charge in [-0.2, -0.15) is 0 Å². The average Bonchev–Trinajstić information content (AvgIpc) is 2.78. The fraction of sp³-hybridized carbons (Fsp3) is 0.545. The molecule has 2 unspecified atom stereocenters. The van der Waals surface area contributed by atoms with E-state index in [9.17, 15) is 4.79 Å². The third-order valence-corrected chi connectivity index (χ3v) is 2.70. The van der Waals surface area contributed by atoms with E-state index in [0.29, 0.717) is 18.9 Å². The van der Waals surface area contributed by atoms with Gasteiger partial charge in [0, 0.05) is 18.4 Å². The topological polar surface area (TPSA) is 64.1 Å². The van der Waals surface area contributed by atoms with Crippen LogP contribution in [0.3, 0.4) is 0 Å². The quantitative estimate of drug-likeness (QED) is 0.740. The first-order chi connectivity index (χ1) is 7.83. The molecule has 5 heteroatoms. The Hall–Kier alpha value is -1.33. The standard InChI is InChI=1S/C11H15N3O2/c1-2-13-10-7-16-6-8(10)11(15)9-5-12-3-4-14-9/h3-5,8,10,13H,2,6-7H2,1H3. The summed E-state index contributed by atoms with van der Waals surface area (Å²) >= 11 is 0. The smallest absolute Gasteiger partial charge is 0.189 e. The third kappa shape index (κ3) is 2.25. The molecule has 1 aliphatic rings. The normalized spacial score (nSPS) is 24.6. The Labute approximate surface area is 94.2 Å². The zero-order chi connectivity index (χ0) is 11.4. The largest absolute Gasteiger partial charge is 0.379 e. The van der Waals surface area contributed by atoms with E-state index in [2.05, 4.69) is 15.3 Å². The molecule has 0 spiro atoms. The SMILES string of the molecule is CCNC1COCC1C(=O)c1cnccn1. The highest BCUT2D eigenvalue weighted by Crippen LogP contribution is 2.17. The van der Waals surface area contributed by atoms with Gasteiger partial charge in [0.2, 0.25) is 0 Å². The molecule has 86 valence electrons. The number of nitrogens with zero attached hydrogens (tertiary/aromatic N) is 2. The van der Waals surface area contributed by atoms with Crippen LogP contribution in [-0.2, 0) is 4.74 Å². The first-order valence-corrected chi connectivity index (χ1v) is 5.44. The minimum absolute atomic E-state index is 0.0107. The second-order valence-corrected chi connectivity index (χ2v) is 3.76. The molecule has 1 aliphatic heterocycles. The van der Waals surface area contributed by atoms with Gasteiger partial charge in [0.1, 0.15) is 5.69 Å². The first-order valence-electron chi connectivity index (χ1n) is 5.44. The maximum absolute atomic E-state index is 12.1. The van der Waals surface area contributed by atoms with Gasteiger partial charge >= 0.3 is 0 Å². The summed E-state index contributed by atoms with van der Waals surface area (Å²) in [6.07, 6.45) is 4.60. The molecule has 1 aromatic rings. The molecule has 0 saturated carbocycles. The predicted octanol–water partition coefficient (Wildman–Crippen LogP) is 0.284. The van der Waals surface area contributed by atoms with E-state index in [4.69, 9.17) is 4.74 Å². The Morgan fingerprint density at radius 2 is 2.44 bits per heavy atom. The summed E-state index contributed by atoms with van der Waals surface area (Å²) in [5.74, 6) is -0.131. The number of aromatic nitrogens is 2. The van der Waals surface area contributed by atoms with Crippen molar-refractivity contribution in [3.05, 3.63) is 24.3 Å². The van der Waals surface area contributed by atoms with Gasteiger partial charge < -0.3 is 10.1 Å². The van der Waals surface area contributed by atoms with Gasteiger partial charge in [-0.25, -0.2) is 4.98 Å². The average molecular weight is 221 g/mol. The summed E-state index contributed by atoms with van der Waals surface area (Å²) in [5.41, 5.74) is 0.418.